The third kappa shape index (κ3) is 3.07. The second-order valence-electron chi connectivity index (χ2n) is 6.22. The molecule has 0 spiro atoms. The maximum atomic E-state index is 6.30. The first kappa shape index (κ1) is 15.0. The molecule has 4 heterocycles. The van der Waals surface area contributed by atoms with Gasteiger partial charge < -0.3 is 20.3 Å². The van der Waals surface area contributed by atoms with Crippen LogP contribution in [0.3, 0.4) is 0 Å². The molecular weight excluding hydrogens is 310 g/mol. The van der Waals surface area contributed by atoms with E-state index in [1.807, 2.05) is 6.07 Å². The van der Waals surface area contributed by atoms with Gasteiger partial charge in [-0.3, -0.25) is 0 Å². The van der Waals surface area contributed by atoms with Crippen molar-refractivity contribution in [1.29, 1.82) is 0 Å². The van der Waals surface area contributed by atoms with Crippen molar-refractivity contribution in [2.45, 2.75) is 25.7 Å². The Morgan fingerprint density at radius 3 is 2.43 bits per heavy atom. The van der Waals surface area contributed by atoms with Gasteiger partial charge in [0, 0.05) is 26.2 Å². The highest BCUT2D eigenvalue weighted by molar-refractivity contribution is 7.22. The van der Waals surface area contributed by atoms with Gasteiger partial charge in [0.25, 0.3) is 0 Å². The molecule has 4 rings (SSSR count). The molecule has 0 bridgehead atoms. The van der Waals surface area contributed by atoms with Crippen molar-refractivity contribution in [3.8, 4) is 0 Å². The Bertz CT molecular complexity index is 674. The van der Waals surface area contributed by atoms with E-state index in [9.17, 15) is 0 Å². The summed E-state index contributed by atoms with van der Waals surface area (Å²) in [5.41, 5.74) is 7.90. The SMILES string of the molecule is Nc1cc2sc(N3CCOCC3)nc2nc1N1CCCCCC1. The minimum atomic E-state index is 0.768. The smallest absolute Gasteiger partial charge is 0.188 e. The zero-order valence-corrected chi connectivity index (χ0v) is 14.1. The van der Waals surface area contributed by atoms with Gasteiger partial charge in [-0.2, -0.15) is 4.98 Å². The minimum Gasteiger partial charge on any atom is -0.396 e. The predicted molar refractivity (Wildman–Crippen MR) is 95.5 cm³/mol. The normalized spacial score (nSPS) is 20.0. The molecule has 0 atom stereocenters. The summed E-state index contributed by atoms with van der Waals surface area (Å²) in [7, 11) is 0. The molecule has 2 aliphatic heterocycles. The molecule has 7 heteroatoms. The molecule has 0 aromatic carbocycles. The van der Waals surface area contributed by atoms with Gasteiger partial charge in [-0.15, -0.1) is 0 Å². The molecule has 124 valence electrons. The second kappa shape index (κ2) is 6.49. The molecule has 2 aromatic rings. The van der Waals surface area contributed by atoms with E-state index >= 15 is 0 Å². The fourth-order valence-corrected chi connectivity index (χ4v) is 4.29. The van der Waals surface area contributed by atoms with E-state index in [4.69, 9.17) is 20.4 Å². The lowest BCUT2D eigenvalue weighted by atomic mass is 10.2. The van der Waals surface area contributed by atoms with E-state index in [2.05, 4.69) is 9.80 Å². The van der Waals surface area contributed by atoms with Gasteiger partial charge in [0.05, 0.1) is 23.6 Å². The van der Waals surface area contributed by atoms with Gasteiger partial charge in [-0.1, -0.05) is 24.2 Å². The summed E-state index contributed by atoms with van der Waals surface area (Å²) >= 11 is 1.68. The number of aromatic nitrogens is 2. The molecule has 2 fully saturated rings. The largest absolute Gasteiger partial charge is 0.396 e. The van der Waals surface area contributed by atoms with Gasteiger partial charge in [0.1, 0.15) is 0 Å². The van der Waals surface area contributed by atoms with Crippen LogP contribution in [-0.4, -0.2) is 49.4 Å². The van der Waals surface area contributed by atoms with Crippen LogP contribution >= 0.6 is 11.3 Å². The molecule has 0 aliphatic carbocycles. The highest BCUT2D eigenvalue weighted by Gasteiger charge is 2.19. The van der Waals surface area contributed by atoms with Crippen LogP contribution in [0.5, 0.6) is 0 Å². The Balaban J connectivity index is 1.65. The molecule has 2 aliphatic rings. The number of pyridine rings is 1. The van der Waals surface area contributed by atoms with Crippen LogP contribution in [-0.2, 0) is 4.74 Å². The predicted octanol–water partition coefficient (Wildman–Crippen LogP) is 2.49. The number of hydrogen-bond acceptors (Lipinski definition) is 7. The van der Waals surface area contributed by atoms with E-state index in [0.29, 0.717) is 0 Å². The number of nitrogens with zero attached hydrogens (tertiary/aromatic N) is 4. The van der Waals surface area contributed by atoms with Crippen molar-refractivity contribution in [3.05, 3.63) is 6.07 Å². The van der Waals surface area contributed by atoms with Crippen LogP contribution in [0.2, 0.25) is 0 Å². The third-order valence-electron chi connectivity index (χ3n) is 4.57. The van der Waals surface area contributed by atoms with Crippen LogP contribution in [0.4, 0.5) is 16.6 Å². The highest BCUT2D eigenvalue weighted by atomic mass is 32.1. The average molecular weight is 333 g/mol. The molecule has 6 nitrogen and oxygen atoms in total. The first-order valence-electron chi connectivity index (χ1n) is 8.46. The molecule has 23 heavy (non-hydrogen) atoms. The van der Waals surface area contributed by atoms with Gasteiger partial charge in [0.2, 0.25) is 0 Å². The number of nitrogens with two attached hydrogens (primary N) is 1. The standard InChI is InChI=1S/C16H23N5OS/c17-12-11-13-14(18-15(12)20-5-3-1-2-4-6-20)19-16(23-13)21-7-9-22-10-8-21/h11H,1-10,17H2. The molecule has 0 radical (unpaired) electrons. The van der Waals surface area contributed by atoms with Crippen molar-refractivity contribution in [3.63, 3.8) is 0 Å². The van der Waals surface area contributed by atoms with Crippen molar-refractivity contribution in [1.82, 2.24) is 9.97 Å². The van der Waals surface area contributed by atoms with Crippen LogP contribution in [0.1, 0.15) is 25.7 Å². The molecule has 2 saturated heterocycles. The zero-order chi connectivity index (χ0) is 15.6. The summed E-state index contributed by atoms with van der Waals surface area (Å²) in [6.45, 7) is 5.42. The first-order chi connectivity index (χ1) is 11.3. The summed E-state index contributed by atoms with van der Waals surface area (Å²) in [6, 6.07) is 2.05. The summed E-state index contributed by atoms with van der Waals surface area (Å²) < 4.78 is 6.49. The Hall–Kier alpha value is -1.60. The number of nitrogen functional groups attached to an aromatic ring is 1. The van der Waals surface area contributed by atoms with Crippen molar-refractivity contribution in [2.75, 3.05) is 54.9 Å². The fraction of sp³-hybridized carbons (Fsp3) is 0.625. The van der Waals surface area contributed by atoms with Gasteiger partial charge in [-0.05, 0) is 18.9 Å². The number of rotatable bonds is 2. The quantitative estimate of drug-likeness (QED) is 0.911. The number of hydrogen-bond donors (Lipinski definition) is 1. The van der Waals surface area contributed by atoms with Crippen LogP contribution < -0.4 is 15.5 Å². The third-order valence-corrected chi connectivity index (χ3v) is 5.62. The lowest BCUT2D eigenvalue weighted by Gasteiger charge is -2.25. The second-order valence-corrected chi connectivity index (χ2v) is 7.23. The van der Waals surface area contributed by atoms with E-state index in [-0.39, 0.29) is 0 Å². The van der Waals surface area contributed by atoms with Crippen molar-refractivity contribution in [2.24, 2.45) is 0 Å². The lowest BCUT2D eigenvalue weighted by Crippen LogP contribution is -2.36. The Labute approximate surface area is 140 Å². The average Bonchev–Trinajstić information content (AvgIpc) is 2.80. The van der Waals surface area contributed by atoms with E-state index in [1.54, 1.807) is 11.3 Å². The van der Waals surface area contributed by atoms with Gasteiger partial charge in [-0.25, -0.2) is 4.98 Å². The Morgan fingerprint density at radius 2 is 1.70 bits per heavy atom. The summed E-state index contributed by atoms with van der Waals surface area (Å²) in [4.78, 5) is 14.2. The summed E-state index contributed by atoms with van der Waals surface area (Å²) in [6.07, 6.45) is 5.04. The van der Waals surface area contributed by atoms with Crippen molar-refractivity contribution < 1.29 is 4.74 Å². The number of thiazole rings is 1. The Kier molecular flexibility index (Phi) is 4.22. The Morgan fingerprint density at radius 1 is 0.957 bits per heavy atom. The molecule has 0 saturated carbocycles. The van der Waals surface area contributed by atoms with Gasteiger partial charge in [0.15, 0.2) is 16.6 Å². The number of anilines is 3. The molecule has 0 unspecified atom stereocenters. The molecule has 2 N–H and O–H groups in total. The monoisotopic (exact) mass is 333 g/mol. The topological polar surface area (TPSA) is 67.5 Å². The van der Waals surface area contributed by atoms with Crippen molar-refractivity contribution >= 4 is 38.3 Å². The molecular formula is C16H23N5OS. The van der Waals surface area contributed by atoms with Crippen LogP contribution in [0.15, 0.2) is 6.07 Å². The van der Waals surface area contributed by atoms with E-state index in [0.717, 1.165) is 66.4 Å². The van der Waals surface area contributed by atoms with Crippen LogP contribution in [0, 0.1) is 0 Å². The van der Waals surface area contributed by atoms with Gasteiger partial charge >= 0.3 is 0 Å². The molecule has 0 amide bonds. The maximum absolute atomic E-state index is 6.30. The first-order valence-corrected chi connectivity index (χ1v) is 9.27. The zero-order valence-electron chi connectivity index (χ0n) is 13.3. The van der Waals surface area contributed by atoms with E-state index in [1.165, 1.54) is 25.7 Å². The maximum Gasteiger partial charge on any atom is 0.188 e. The fourth-order valence-electron chi connectivity index (χ4n) is 3.28. The minimum absolute atomic E-state index is 0.768. The number of morpholine rings is 1. The number of fused-ring (bicyclic) bond motifs is 1. The van der Waals surface area contributed by atoms with E-state index < -0.39 is 0 Å². The summed E-state index contributed by atoms with van der Waals surface area (Å²) in [5, 5.41) is 1.03. The lowest BCUT2D eigenvalue weighted by molar-refractivity contribution is 0.122. The van der Waals surface area contributed by atoms with Crippen LogP contribution in [0.25, 0.3) is 10.3 Å². The molecule has 2 aromatic heterocycles. The number of ether oxygens (including phenoxy) is 1. The highest BCUT2D eigenvalue weighted by Crippen LogP contribution is 2.33. The summed E-state index contributed by atoms with van der Waals surface area (Å²) in [5.74, 6) is 0.915.